The van der Waals surface area contributed by atoms with E-state index in [1.807, 2.05) is 11.9 Å². The SMILES string of the molecule is CN1c2c(F)cccc2C(OC(N)=O)CC1C(C)(C)C. The highest BCUT2D eigenvalue weighted by Crippen LogP contribution is 2.44. The van der Waals surface area contributed by atoms with E-state index in [2.05, 4.69) is 20.8 Å². The second-order valence-corrected chi connectivity index (χ2v) is 6.33. The molecule has 0 aliphatic carbocycles. The van der Waals surface area contributed by atoms with Crippen LogP contribution in [0, 0.1) is 11.2 Å². The number of para-hydroxylation sites is 1. The predicted octanol–water partition coefficient (Wildman–Crippen LogP) is 3.22. The Bertz CT molecular complexity index is 525. The monoisotopic (exact) mass is 280 g/mol. The number of nitrogens with zero attached hydrogens (tertiary/aromatic N) is 1. The number of fused-ring (bicyclic) bond motifs is 1. The van der Waals surface area contributed by atoms with Crippen molar-refractivity contribution in [2.45, 2.75) is 39.3 Å². The third-order valence-corrected chi connectivity index (χ3v) is 3.88. The van der Waals surface area contributed by atoms with E-state index < -0.39 is 12.2 Å². The number of halogens is 1. The Balaban J connectivity index is 2.50. The lowest BCUT2D eigenvalue weighted by Gasteiger charge is -2.45. The Labute approximate surface area is 118 Å². The summed E-state index contributed by atoms with van der Waals surface area (Å²) in [5.41, 5.74) is 6.23. The zero-order valence-electron chi connectivity index (χ0n) is 12.3. The zero-order chi connectivity index (χ0) is 15.1. The van der Waals surface area contributed by atoms with E-state index in [9.17, 15) is 9.18 Å². The maximum Gasteiger partial charge on any atom is 0.405 e. The molecule has 0 bridgehead atoms. The average molecular weight is 280 g/mol. The molecule has 0 spiro atoms. The molecular weight excluding hydrogens is 259 g/mol. The van der Waals surface area contributed by atoms with Gasteiger partial charge in [0, 0.05) is 25.1 Å². The van der Waals surface area contributed by atoms with E-state index in [-0.39, 0.29) is 17.3 Å². The molecule has 1 aliphatic rings. The number of hydrogen-bond donors (Lipinski definition) is 1. The molecule has 1 amide bonds. The molecule has 20 heavy (non-hydrogen) atoms. The molecule has 1 aliphatic heterocycles. The molecule has 1 heterocycles. The Kier molecular flexibility index (Phi) is 3.63. The smallest absolute Gasteiger partial charge is 0.405 e. The molecule has 5 heteroatoms. The number of nitrogens with two attached hydrogens (primary N) is 1. The molecule has 0 fully saturated rings. The molecule has 4 nitrogen and oxygen atoms in total. The number of anilines is 1. The quantitative estimate of drug-likeness (QED) is 0.859. The number of carbonyl (C=O) groups is 1. The van der Waals surface area contributed by atoms with Crippen LogP contribution in [0.25, 0.3) is 0 Å². The molecule has 1 aromatic carbocycles. The number of hydrogen-bond acceptors (Lipinski definition) is 3. The zero-order valence-corrected chi connectivity index (χ0v) is 12.3. The summed E-state index contributed by atoms with van der Waals surface area (Å²) >= 11 is 0. The van der Waals surface area contributed by atoms with Crippen molar-refractivity contribution in [3.05, 3.63) is 29.6 Å². The van der Waals surface area contributed by atoms with Crippen LogP contribution in [-0.4, -0.2) is 19.2 Å². The van der Waals surface area contributed by atoms with E-state index in [0.29, 0.717) is 17.7 Å². The van der Waals surface area contributed by atoms with Gasteiger partial charge in [0.05, 0.1) is 5.69 Å². The van der Waals surface area contributed by atoms with Gasteiger partial charge in [0.25, 0.3) is 0 Å². The first-order valence-electron chi connectivity index (χ1n) is 6.69. The van der Waals surface area contributed by atoms with Crippen LogP contribution in [0.1, 0.15) is 38.9 Å². The van der Waals surface area contributed by atoms with Crippen LogP contribution in [0.2, 0.25) is 0 Å². The third-order valence-electron chi connectivity index (χ3n) is 3.88. The summed E-state index contributed by atoms with van der Waals surface area (Å²) in [7, 11) is 1.87. The maximum absolute atomic E-state index is 14.2. The number of rotatable bonds is 1. The van der Waals surface area contributed by atoms with Gasteiger partial charge in [0.2, 0.25) is 0 Å². The van der Waals surface area contributed by atoms with Crippen LogP contribution in [-0.2, 0) is 4.74 Å². The molecule has 0 saturated heterocycles. The highest BCUT2D eigenvalue weighted by atomic mass is 19.1. The Morgan fingerprint density at radius 3 is 2.65 bits per heavy atom. The molecule has 2 atom stereocenters. The minimum Gasteiger partial charge on any atom is -0.441 e. The van der Waals surface area contributed by atoms with Gasteiger partial charge < -0.3 is 15.4 Å². The van der Waals surface area contributed by atoms with Gasteiger partial charge >= 0.3 is 6.09 Å². The fraction of sp³-hybridized carbons (Fsp3) is 0.533. The van der Waals surface area contributed by atoms with Gasteiger partial charge in [-0.15, -0.1) is 0 Å². The van der Waals surface area contributed by atoms with Crippen LogP contribution in [0.3, 0.4) is 0 Å². The second kappa shape index (κ2) is 4.96. The molecule has 1 aromatic rings. The van der Waals surface area contributed by atoms with Crippen molar-refractivity contribution in [2.75, 3.05) is 11.9 Å². The number of ether oxygens (including phenoxy) is 1. The van der Waals surface area contributed by atoms with Gasteiger partial charge in [-0.3, -0.25) is 0 Å². The third kappa shape index (κ3) is 2.57. The fourth-order valence-corrected chi connectivity index (χ4v) is 2.99. The first kappa shape index (κ1) is 14.6. The van der Waals surface area contributed by atoms with E-state index >= 15 is 0 Å². The molecule has 0 radical (unpaired) electrons. The minimum absolute atomic E-state index is 0.0521. The highest BCUT2D eigenvalue weighted by Gasteiger charge is 2.39. The van der Waals surface area contributed by atoms with Crippen LogP contribution >= 0.6 is 0 Å². The molecule has 0 aromatic heterocycles. The van der Waals surface area contributed by atoms with Gasteiger partial charge in [0.1, 0.15) is 11.9 Å². The van der Waals surface area contributed by atoms with Crippen molar-refractivity contribution in [1.29, 1.82) is 0 Å². The Morgan fingerprint density at radius 2 is 2.10 bits per heavy atom. The summed E-state index contributed by atoms with van der Waals surface area (Å²) in [5, 5.41) is 0. The Morgan fingerprint density at radius 1 is 1.45 bits per heavy atom. The Hall–Kier alpha value is -1.78. The average Bonchev–Trinajstić information content (AvgIpc) is 2.30. The molecule has 0 saturated carbocycles. The van der Waals surface area contributed by atoms with Crippen LogP contribution in [0.15, 0.2) is 18.2 Å². The van der Waals surface area contributed by atoms with Crippen molar-refractivity contribution in [3.63, 3.8) is 0 Å². The molecule has 2 N–H and O–H groups in total. The highest BCUT2D eigenvalue weighted by molar-refractivity contribution is 5.66. The van der Waals surface area contributed by atoms with Crippen LogP contribution in [0.5, 0.6) is 0 Å². The topological polar surface area (TPSA) is 55.6 Å². The van der Waals surface area contributed by atoms with Crippen molar-refractivity contribution in [3.8, 4) is 0 Å². The van der Waals surface area contributed by atoms with E-state index in [4.69, 9.17) is 10.5 Å². The fourth-order valence-electron chi connectivity index (χ4n) is 2.99. The summed E-state index contributed by atoms with van der Waals surface area (Å²) in [4.78, 5) is 13.0. The number of carbonyl (C=O) groups excluding carboxylic acids is 1. The second-order valence-electron chi connectivity index (χ2n) is 6.33. The van der Waals surface area contributed by atoms with Gasteiger partial charge in [-0.2, -0.15) is 0 Å². The largest absolute Gasteiger partial charge is 0.441 e. The summed E-state index contributed by atoms with van der Waals surface area (Å²) in [6.07, 6.45) is -0.736. The normalized spacial score (nSPS) is 22.4. The number of primary amides is 1. The number of benzene rings is 1. The van der Waals surface area contributed by atoms with Gasteiger partial charge in [0.15, 0.2) is 0 Å². The first-order chi connectivity index (χ1) is 9.21. The van der Waals surface area contributed by atoms with Crippen molar-refractivity contribution < 1.29 is 13.9 Å². The first-order valence-corrected chi connectivity index (χ1v) is 6.69. The van der Waals surface area contributed by atoms with Crippen LogP contribution < -0.4 is 10.6 Å². The lowest BCUT2D eigenvalue weighted by atomic mass is 9.78. The van der Waals surface area contributed by atoms with E-state index in [0.717, 1.165) is 0 Å². The number of amides is 1. The van der Waals surface area contributed by atoms with Gasteiger partial charge in [-0.1, -0.05) is 32.9 Å². The van der Waals surface area contributed by atoms with Crippen molar-refractivity contribution in [1.82, 2.24) is 0 Å². The van der Waals surface area contributed by atoms with Crippen molar-refractivity contribution >= 4 is 11.8 Å². The lowest BCUT2D eigenvalue weighted by Crippen LogP contribution is -2.47. The molecule has 110 valence electrons. The molecular formula is C15H21FN2O2. The predicted molar refractivity (Wildman–Crippen MR) is 76.1 cm³/mol. The summed E-state index contributed by atoms with van der Waals surface area (Å²) in [6, 6.07) is 4.87. The van der Waals surface area contributed by atoms with Crippen molar-refractivity contribution in [2.24, 2.45) is 11.1 Å². The van der Waals surface area contributed by atoms with E-state index in [1.54, 1.807) is 12.1 Å². The van der Waals surface area contributed by atoms with Gasteiger partial charge in [-0.05, 0) is 11.5 Å². The maximum atomic E-state index is 14.2. The summed E-state index contributed by atoms with van der Waals surface area (Å²) < 4.78 is 19.4. The minimum atomic E-state index is -0.831. The van der Waals surface area contributed by atoms with Crippen LogP contribution in [0.4, 0.5) is 14.9 Å². The molecule has 2 unspecified atom stereocenters. The van der Waals surface area contributed by atoms with Gasteiger partial charge in [-0.25, -0.2) is 9.18 Å². The van der Waals surface area contributed by atoms with E-state index in [1.165, 1.54) is 6.07 Å². The lowest BCUT2D eigenvalue weighted by molar-refractivity contribution is 0.0801. The summed E-state index contributed by atoms with van der Waals surface area (Å²) in [6.45, 7) is 6.25. The summed E-state index contributed by atoms with van der Waals surface area (Å²) in [5.74, 6) is -0.308. The standard InChI is InChI=1S/C15H21FN2O2/c1-15(2,3)12-8-11(20-14(17)19)9-6-5-7-10(16)13(9)18(12)4/h5-7,11-12H,8H2,1-4H3,(H2,17,19). The molecule has 2 rings (SSSR count).